The number of hydrogen-bond acceptors (Lipinski definition) is 16. The van der Waals surface area contributed by atoms with E-state index in [1.807, 2.05) is 36.0 Å². The van der Waals surface area contributed by atoms with Crippen molar-refractivity contribution in [1.29, 1.82) is 0 Å². The van der Waals surface area contributed by atoms with Gasteiger partial charge in [-0.3, -0.25) is 0 Å². The van der Waals surface area contributed by atoms with Crippen molar-refractivity contribution in [2.75, 3.05) is 168 Å². The Morgan fingerprint density at radius 2 is 0.725 bits per heavy atom. The van der Waals surface area contributed by atoms with Crippen LogP contribution in [0.4, 0.5) is 0 Å². The monoisotopic (exact) mass is 1140 g/mol. The van der Waals surface area contributed by atoms with Crippen LogP contribution in [0, 0.1) is 0 Å². The minimum Gasteiger partial charge on any atom is -0.493 e. The van der Waals surface area contributed by atoms with Gasteiger partial charge in [0.2, 0.25) is 11.5 Å². The van der Waals surface area contributed by atoms with Crippen LogP contribution in [0.1, 0.15) is 120 Å². The highest BCUT2D eigenvalue weighted by molar-refractivity contribution is 5.54. The molecule has 20 heteroatoms. The quantitative estimate of drug-likeness (QED) is 0.0481. The lowest BCUT2D eigenvalue weighted by molar-refractivity contribution is -0.755. The summed E-state index contributed by atoms with van der Waals surface area (Å²) in [6.45, 7) is 14.3. The summed E-state index contributed by atoms with van der Waals surface area (Å²) in [5.74, 6) is 3.85. The van der Waals surface area contributed by atoms with E-state index in [1.165, 1.54) is 89.9 Å². The maximum absolute atomic E-state index is 6.06. The molecule has 4 N–H and O–H groups in total. The molecule has 0 saturated heterocycles. The maximum atomic E-state index is 6.06. The van der Waals surface area contributed by atoms with E-state index in [1.54, 1.807) is 42.7 Å². The summed E-state index contributed by atoms with van der Waals surface area (Å²) >= 11 is 0. The molecule has 0 aliphatic rings. The first kappa shape index (κ1) is 70.2. The van der Waals surface area contributed by atoms with E-state index >= 15 is 0 Å². The second kappa shape index (κ2) is 49.5. The molecular weight excluding hydrogens is 1030 g/mol. The highest BCUT2D eigenvalue weighted by Crippen LogP contribution is 2.39. The minimum atomic E-state index is 0.378. The molecule has 0 bridgehead atoms. The average Bonchev–Trinajstić information content (AvgIpc) is 3.83. The second-order valence-corrected chi connectivity index (χ2v) is 19.7. The molecule has 1 aromatic heterocycles. The largest absolute Gasteiger partial charge is 0.493 e. The van der Waals surface area contributed by atoms with Crippen molar-refractivity contribution < 1.29 is 86.4 Å². The van der Waals surface area contributed by atoms with Crippen LogP contribution in [0.3, 0.4) is 0 Å². The summed E-state index contributed by atoms with van der Waals surface area (Å²) in [5, 5.41) is 9.41. The third kappa shape index (κ3) is 33.8. The third-order valence-electron chi connectivity index (χ3n) is 13.3. The van der Waals surface area contributed by atoms with Crippen LogP contribution in [0.15, 0.2) is 30.5 Å². The lowest BCUT2D eigenvalue weighted by Gasteiger charge is -2.16. The number of unbranched alkanes of at least 4 members (excludes halogenated alkanes) is 14. The van der Waals surface area contributed by atoms with Crippen molar-refractivity contribution in [2.24, 2.45) is 7.05 Å². The molecule has 0 aliphatic heterocycles. The van der Waals surface area contributed by atoms with E-state index in [4.69, 9.17) is 76.3 Å². The molecule has 0 aliphatic carbocycles. The molecule has 0 fully saturated rings. The Morgan fingerprint density at radius 1 is 0.388 bits per heavy atom. The van der Waals surface area contributed by atoms with E-state index in [0.29, 0.717) is 147 Å². The van der Waals surface area contributed by atoms with Gasteiger partial charge in [0, 0.05) is 32.0 Å². The molecule has 20 nitrogen and oxygen atoms in total. The number of quaternary nitrogens is 2. The lowest BCUT2D eigenvalue weighted by atomic mass is 10.1. The van der Waals surface area contributed by atoms with Gasteiger partial charge in [0.05, 0.1) is 139 Å². The first-order valence-electron chi connectivity index (χ1n) is 29.8. The van der Waals surface area contributed by atoms with Gasteiger partial charge in [-0.25, -0.2) is 0 Å². The van der Waals surface area contributed by atoms with Gasteiger partial charge in [-0.15, -0.1) is 9.36 Å². The van der Waals surface area contributed by atoms with Gasteiger partial charge in [-0.1, -0.05) is 57.8 Å². The van der Waals surface area contributed by atoms with Crippen molar-refractivity contribution in [3.05, 3.63) is 47.3 Å². The van der Waals surface area contributed by atoms with Crippen LogP contribution in [0.5, 0.6) is 34.5 Å². The van der Waals surface area contributed by atoms with E-state index in [9.17, 15) is 0 Å². The smallest absolute Gasteiger partial charge is 0.203 e. The first-order chi connectivity index (χ1) is 39.5. The van der Waals surface area contributed by atoms with Crippen LogP contribution < -0.4 is 43.7 Å². The van der Waals surface area contributed by atoms with E-state index in [2.05, 4.69) is 21.5 Å². The predicted molar refractivity (Wildman–Crippen MR) is 307 cm³/mol. The van der Waals surface area contributed by atoms with Gasteiger partial charge in [0.1, 0.15) is 46.5 Å². The Balaban J connectivity index is 1.10. The number of methoxy groups -OCH3 is 6. The number of rotatable bonds is 58. The molecule has 0 saturated carbocycles. The van der Waals surface area contributed by atoms with Crippen LogP contribution in [0.25, 0.3) is 0 Å². The Kier molecular flexibility index (Phi) is 43.5. The molecule has 460 valence electrons. The Hall–Kier alpha value is -4.06. The third-order valence-corrected chi connectivity index (χ3v) is 13.3. The number of aromatic nitrogens is 3. The maximum Gasteiger partial charge on any atom is 0.203 e. The highest BCUT2D eigenvalue weighted by atomic mass is 16.6. The van der Waals surface area contributed by atoms with Gasteiger partial charge in [0.25, 0.3) is 0 Å². The van der Waals surface area contributed by atoms with Crippen molar-refractivity contribution in [3.8, 4) is 34.5 Å². The lowest BCUT2D eigenvalue weighted by Crippen LogP contribution is -2.82. The van der Waals surface area contributed by atoms with Gasteiger partial charge >= 0.3 is 0 Å². The molecule has 2 aromatic carbocycles. The van der Waals surface area contributed by atoms with E-state index in [-0.39, 0.29) is 0 Å². The summed E-state index contributed by atoms with van der Waals surface area (Å²) in [6, 6.07) is 8.14. The van der Waals surface area contributed by atoms with Gasteiger partial charge in [-0.2, -0.15) is 0 Å². The average molecular weight is 1140 g/mol. The summed E-state index contributed by atoms with van der Waals surface area (Å²) in [7, 11) is 12.0. The Bertz CT molecular complexity index is 1860. The molecule has 0 unspecified atom stereocenters. The van der Waals surface area contributed by atoms with Crippen molar-refractivity contribution in [1.82, 2.24) is 9.90 Å². The van der Waals surface area contributed by atoms with Crippen LogP contribution >= 0.6 is 0 Å². The van der Waals surface area contributed by atoms with E-state index in [0.717, 1.165) is 69.0 Å². The van der Waals surface area contributed by atoms with Crippen LogP contribution in [-0.2, 0) is 75.9 Å². The predicted octanol–water partition coefficient (Wildman–Crippen LogP) is 6.18. The van der Waals surface area contributed by atoms with Crippen molar-refractivity contribution in [3.63, 3.8) is 0 Å². The van der Waals surface area contributed by atoms with Crippen LogP contribution in [0.2, 0.25) is 0 Å². The molecule has 0 amide bonds. The SMILES string of the molecule is COCCOCCOCCOCCOc1c(OC)cc(C[NH2+]CCCCCCCCCCOCc2c[n+](CCCCCCCCCC[NH2+]Cc3cc(OC)c(OCCOCCOCCOCCOC)c(OC)c3)nn2C)cc1OC. The van der Waals surface area contributed by atoms with Gasteiger partial charge < -0.3 is 81.7 Å². The molecule has 3 aromatic rings. The number of hydrogen-bond donors (Lipinski definition) is 2. The van der Waals surface area contributed by atoms with Crippen molar-refractivity contribution >= 4 is 0 Å². The van der Waals surface area contributed by atoms with Crippen LogP contribution in [-0.4, -0.2) is 178 Å². The summed E-state index contributed by atoms with van der Waals surface area (Å²) < 4.78 is 87.8. The number of benzene rings is 2. The zero-order valence-corrected chi connectivity index (χ0v) is 50.6. The zero-order chi connectivity index (χ0) is 57.2. The zero-order valence-electron chi connectivity index (χ0n) is 50.6. The number of nitrogens with two attached hydrogens (primary N) is 2. The van der Waals surface area contributed by atoms with Gasteiger partial charge in [0.15, 0.2) is 34.9 Å². The fourth-order valence-electron chi connectivity index (χ4n) is 8.80. The Morgan fingerprint density at radius 3 is 1.10 bits per heavy atom. The number of ether oxygens (including phenoxy) is 15. The second-order valence-electron chi connectivity index (χ2n) is 19.7. The number of aryl methyl sites for hydroxylation is 2. The van der Waals surface area contributed by atoms with Gasteiger partial charge in [-0.05, 0) is 69.2 Å². The molecule has 1 heterocycles. The summed E-state index contributed by atoms with van der Waals surface area (Å²) in [4.78, 5) is 0. The molecule has 0 spiro atoms. The minimum absolute atomic E-state index is 0.378. The molecule has 3 rings (SSSR count). The standard InChI is InChI=1S/C60H106N5O15/c1-64-54(51-78-27-23-19-15-11-9-13-17-21-25-62-49-53-46-57(70-6)60(58(47-53)71-7)80-43-41-77-39-37-75-35-33-73-31-29-67-3)50-65(63-64)26-22-18-14-10-8-12-16-20-24-61-48-52-44-55(68-4)59(56(45-52)69-5)79-42-40-76-38-36-74-34-32-72-30-28-66-2/h44-47,50,61-62H,8-43,48-49,51H2,1-7H3/q+1/p+2. The molecule has 0 atom stereocenters. The fraction of sp³-hybridized carbons (Fsp3) is 0.767. The normalized spacial score (nSPS) is 11.4. The molecular formula is C60H108N5O15+3. The first-order valence-corrected chi connectivity index (χ1v) is 29.8. The Labute approximate surface area is 480 Å². The summed E-state index contributed by atoms with van der Waals surface area (Å²) in [5.41, 5.74) is 3.41. The molecule has 0 radical (unpaired) electrons. The highest BCUT2D eigenvalue weighted by Gasteiger charge is 2.17. The topological polar surface area (TPSA) is 193 Å². The summed E-state index contributed by atoms with van der Waals surface area (Å²) in [6.07, 6.45) is 22.1. The number of nitrogens with zero attached hydrogens (tertiary/aromatic N) is 3. The van der Waals surface area contributed by atoms with E-state index < -0.39 is 0 Å². The fourth-order valence-corrected chi connectivity index (χ4v) is 8.80. The van der Waals surface area contributed by atoms with Crippen molar-refractivity contribution in [2.45, 2.75) is 129 Å². The molecule has 80 heavy (non-hydrogen) atoms.